The summed E-state index contributed by atoms with van der Waals surface area (Å²) in [7, 11) is -1.42. The predicted octanol–water partition coefficient (Wildman–Crippen LogP) is 1.92. The Morgan fingerprint density at radius 1 is 1.43 bits per heavy atom. The Hall–Kier alpha value is -1.29. The summed E-state index contributed by atoms with van der Waals surface area (Å²) in [6, 6.07) is 3.72. The lowest BCUT2D eigenvalue weighted by Gasteiger charge is -2.10. The number of hydrogen-bond acceptors (Lipinski definition) is 2. The van der Waals surface area contributed by atoms with Gasteiger partial charge >= 0.3 is 5.97 Å². The van der Waals surface area contributed by atoms with Crippen molar-refractivity contribution in [3.8, 4) is 0 Å². The van der Waals surface area contributed by atoms with Gasteiger partial charge in [0.05, 0.1) is 5.38 Å². The monoisotopic (exact) mass is 210 g/mol. The van der Waals surface area contributed by atoms with Gasteiger partial charge in [0.1, 0.15) is 13.8 Å². The number of hydrogen-bond donors (Lipinski definition) is 1. The van der Waals surface area contributed by atoms with E-state index < -0.39 is 14.0 Å². The summed E-state index contributed by atoms with van der Waals surface area (Å²) in [6.07, 6.45) is 2.54. The number of rotatable bonds is 3. The second kappa shape index (κ2) is 3.83. The largest absolute Gasteiger partial charge is 0.478 e. The molecular weight excluding hydrogens is 196 g/mol. The van der Waals surface area contributed by atoms with E-state index in [-0.39, 0.29) is 0 Å². The van der Waals surface area contributed by atoms with Crippen LogP contribution in [0, 0.1) is 0 Å². The molecule has 0 fully saturated rings. The van der Waals surface area contributed by atoms with E-state index in [4.69, 9.17) is 9.52 Å². The first-order chi connectivity index (χ1) is 6.39. The maximum Gasteiger partial charge on any atom is 0.328 e. The maximum atomic E-state index is 10.3. The van der Waals surface area contributed by atoms with Crippen LogP contribution in [0.25, 0.3) is 6.08 Å². The zero-order valence-electron chi connectivity index (χ0n) is 8.57. The Morgan fingerprint density at radius 2 is 2.07 bits per heavy atom. The molecule has 0 aliphatic carbocycles. The SMILES string of the molecule is C[Si](C)(C)c1ccc(C=CC(=O)O)o1. The number of carbonyl (C=O) groups is 1. The highest BCUT2D eigenvalue weighted by molar-refractivity contribution is 6.87. The van der Waals surface area contributed by atoms with Crippen LogP contribution >= 0.6 is 0 Å². The summed E-state index contributed by atoms with van der Waals surface area (Å²) in [6.45, 7) is 6.53. The molecule has 0 spiro atoms. The highest BCUT2D eigenvalue weighted by Gasteiger charge is 2.20. The maximum absolute atomic E-state index is 10.3. The molecule has 1 aromatic rings. The van der Waals surface area contributed by atoms with E-state index in [1.165, 1.54) is 6.08 Å². The Balaban J connectivity index is 2.84. The third-order valence-corrected chi connectivity index (χ3v) is 3.50. The molecule has 0 saturated carbocycles. The summed E-state index contributed by atoms with van der Waals surface area (Å²) < 4.78 is 5.51. The van der Waals surface area contributed by atoms with Crippen LogP contribution in [0.3, 0.4) is 0 Å². The highest BCUT2D eigenvalue weighted by Crippen LogP contribution is 2.07. The fraction of sp³-hybridized carbons (Fsp3) is 0.300. The van der Waals surface area contributed by atoms with Gasteiger partial charge in [0.2, 0.25) is 0 Å². The molecular formula is C10H14O3Si. The van der Waals surface area contributed by atoms with Gasteiger partial charge in [0.15, 0.2) is 0 Å². The lowest BCUT2D eigenvalue weighted by atomic mass is 10.4. The summed E-state index contributed by atoms with van der Waals surface area (Å²) >= 11 is 0. The van der Waals surface area contributed by atoms with Crippen LogP contribution in [0.5, 0.6) is 0 Å². The minimum absolute atomic E-state index is 0.602. The van der Waals surface area contributed by atoms with E-state index in [0.717, 1.165) is 11.5 Å². The fourth-order valence-electron chi connectivity index (χ4n) is 0.999. The third kappa shape index (κ3) is 2.88. The van der Waals surface area contributed by atoms with Crippen LogP contribution in [0.1, 0.15) is 5.76 Å². The average Bonchev–Trinajstić information content (AvgIpc) is 2.47. The highest BCUT2D eigenvalue weighted by atomic mass is 28.3. The molecule has 76 valence electrons. The molecule has 1 heterocycles. The smallest absolute Gasteiger partial charge is 0.328 e. The van der Waals surface area contributed by atoms with Crippen LogP contribution in [0.15, 0.2) is 22.6 Å². The molecule has 0 saturated heterocycles. The number of carboxylic acids is 1. The first-order valence-corrected chi connectivity index (χ1v) is 7.91. The molecule has 1 N–H and O–H groups in total. The quantitative estimate of drug-likeness (QED) is 0.612. The van der Waals surface area contributed by atoms with Crippen molar-refractivity contribution in [2.45, 2.75) is 19.6 Å². The summed E-state index contributed by atoms with van der Waals surface area (Å²) in [5, 5.41) is 9.41. The minimum Gasteiger partial charge on any atom is -0.478 e. The lowest BCUT2D eigenvalue weighted by molar-refractivity contribution is -0.131. The van der Waals surface area contributed by atoms with Crippen molar-refractivity contribution in [2.24, 2.45) is 0 Å². The van der Waals surface area contributed by atoms with E-state index >= 15 is 0 Å². The summed E-state index contributed by atoms with van der Waals surface area (Å²) in [4.78, 5) is 10.3. The number of furan rings is 1. The van der Waals surface area contributed by atoms with E-state index in [9.17, 15) is 4.79 Å². The molecule has 1 aromatic heterocycles. The molecule has 0 unspecified atom stereocenters. The zero-order valence-corrected chi connectivity index (χ0v) is 9.57. The fourth-order valence-corrected chi connectivity index (χ4v) is 2.01. The van der Waals surface area contributed by atoms with E-state index in [0.29, 0.717) is 5.76 Å². The molecule has 0 bridgehead atoms. The zero-order chi connectivity index (χ0) is 10.8. The topological polar surface area (TPSA) is 50.4 Å². The van der Waals surface area contributed by atoms with Crippen molar-refractivity contribution in [1.82, 2.24) is 0 Å². The molecule has 14 heavy (non-hydrogen) atoms. The summed E-state index contributed by atoms with van der Waals surface area (Å²) in [5.41, 5.74) is 0. The molecule has 0 aliphatic rings. The van der Waals surface area contributed by atoms with Gasteiger partial charge in [-0.15, -0.1) is 0 Å². The van der Waals surface area contributed by atoms with Gasteiger partial charge in [0, 0.05) is 6.08 Å². The standard InChI is InChI=1S/C10H14O3Si/c1-14(2,3)10-7-5-8(13-10)4-6-9(11)12/h4-7H,1-3H3,(H,11,12). The van der Waals surface area contributed by atoms with Crippen molar-refractivity contribution < 1.29 is 14.3 Å². The molecule has 0 amide bonds. The van der Waals surface area contributed by atoms with Gasteiger partial charge in [-0.3, -0.25) is 0 Å². The van der Waals surface area contributed by atoms with Crippen LogP contribution in [0.2, 0.25) is 19.6 Å². The van der Waals surface area contributed by atoms with Crippen molar-refractivity contribution in [3.63, 3.8) is 0 Å². The van der Waals surface area contributed by atoms with Crippen LogP contribution in [-0.4, -0.2) is 19.1 Å². The van der Waals surface area contributed by atoms with Crippen LogP contribution in [-0.2, 0) is 4.79 Å². The van der Waals surface area contributed by atoms with Crippen molar-refractivity contribution in [3.05, 3.63) is 24.0 Å². The number of aliphatic carboxylic acids is 1. The summed E-state index contributed by atoms with van der Waals surface area (Å²) in [5.74, 6) is -0.360. The Morgan fingerprint density at radius 3 is 2.50 bits per heavy atom. The van der Waals surface area contributed by atoms with E-state index in [1.54, 1.807) is 6.07 Å². The molecule has 0 atom stereocenters. The molecule has 4 heteroatoms. The van der Waals surface area contributed by atoms with E-state index in [2.05, 4.69) is 19.6 Å². The van der Waals surface area contributed by atoms with Crippen molar-refractivity contribution >= 4 is 25.5 Å². The van der Waals surface area contributed by atoms with Gasteiger partial charge in [-0.25, -0.2) is 4.79 Å². The van der Waals surface area contributed by atoms with Gasteiger partial charge in [-0.1, -0.05) is 19.6 Å². The van der Waals surface area contributed by atoms with Gasteiger partial charge in [-0.05, 0) is 18.2 Å². The van der Waals surface area contributed by atoms with Gasteiger partial charge < -0.3 is 9.52 Å². The second-order valence-electron chi connectivity index (χ2n) is 4.12. The number of carboxylic acid groups (broad SMARTS) is 1. The molecule has 0 aliphatic heterocycles. The molecule has 0 radical (unpaired) electrons. The Kier molecular flexibility index (Phi) is 2.95. The van der Waals surface area contributed by atoms with E-state index in [1.807, 2.05) is 6.07 Å². The first-order valence-electron chi connectivity index (χ1n) is 4.41. The predicted molar refractivity (Wildman–Crippen MR) is 58.4 cm³/mol. The Bertz CT molecular complexity index is 358. The van der Waals surface area contributed by atoms with Gasteiger partial charge in [0.25, 0.3) is 0 Å². The molecule has 3 nitrogen and oxygen atoms in total. The lowest BCUT2D eigenvalue weighted by Crippen LogP contribution is -2.36. The normalized spacial score (nSPS) is 12.2. The molecule has 1 rings (SSSR count). The van der Waals surface area contributed by atoms with Crippen molar-refractivity contribution in [2.75, 3.05) is 0 Å². The Labute approximate surface area is 84.1 Å². The van der Waals surface area contributed by atoms with Crippen molar-refractivity contribution in [1.29, 1.82) is 0 Å². The first kappa shape index (κ1) is 10.8. The minimum atomic E-state index is -1.42. The molecule has 0 aromatic carbocycles. The average molecular weight is 210 g/mol. The van der Waals surface area contributed by atoms with Gasteiger partial charge in [-0.2, -0.15) is 0 Å². The third-order valence-electron chi connectivity index (χ3n) is 1.76. The van der Waals surface area contributed by atoms with Crippen LogP contribution in [0.4, 0.5) is 0 Å². The second-order valence-corrected chi connectivity index (χ2v) is 9.12. The van der Waals surface area contributed by atoms with Crippen LogP contribution < -0.4 is 5.38 Å².